The molecule has 2 aromatic carbocycles. The highest BCUT2D eigenvalue weighted by molar-refractivity contribution is 14.1. The van der Waals surface area contributed by atoms with Gasteiger partial charge in [-0.2, -0.15) is 5.10 Å². The number of hydrogen-bond acceptors (Lipinski definition) is 3. The van der Waals surface area contributed by atoms with Crippen molar-refractivity contribution in [2.45, 2.75) is 6.42 Å². The average molecular weight is 417 g/mol. The summed E-state index contributed by atoms with van der Waals surface area (Å²) in [4.78, 5) is 0. The molecule has 1 aliphatic heterocycles. The number of nitrogens with zero attached hydrogens (tertiary/aromatic N) is 2. The van der Waals surface area contributed by atoms with Crippen LogP contribution in [-0.4, -0.2) is 23.4 Å². The molecule has 4 rings (SSSR count). The van der Waals surface area contributed by atoms with Crippen molar-refractivity contribution in [2.75, 3.05) is 19.0 Å². The molecule has 0 unspecified atom stereocenters. The van der Waals surface area contributed by atoms with E-state index >= 15 is 0 Å². The number of benzene rings is 2. The van der Waals surface area contributed by atoms with E-state index in [1.54, 1.807) is 7.11 Å². The van der Waals surface area contributed by atoms with Gasteiger partial charge in [-0.05, 0) is 65.4 Å². The Kier molecular flexibility index (Phi) is 3.72. The van der Waals surface area contributed by atoms with E-state index in [4.69, 9.17) is 9.84 Å². The minimum absolute atomic E-state index is 0.856. The van der Waals surface area contributed by atoms with Crippen LogP contribution in [0.5, 0.6) is 5.75 Å². The molecule has 0 atom stereocenters. The van der Waals surface area contributed by atoms with Crippen molar-refractivity contribution in [2.24, 2.45) is 0 Å². The van der Waals surface area contributed by atoms with Gasteiger partial charge in [0.2, 0.25) is 0 Å². The fraction of sp³-hybridized carbons (Fsp3) is 0.167. The third kappa shape index (κ3) is 2.49. The lowest BCUT2D eigenvalue weighted by molar-refractivity contribution is 0.416. The molecule has 0 spiro atoms. The zero-order valence-corrected chi connectivity index (χ0v) is 14.9. The quantitative estimate of drug-likeness (QED) is 0.652. The van der Waals surface area contributed by atoms with E-state index in [0.29, 0.717) is 0 Å². The Morgan fingerprint density at radius 2 is 1.91 bits per heavy atom. The summed E-state index contributed by atoms with van der Waals surface area (Å²) in [6.45, 7) is 0.944. The predicted molar refractivity (Wildman–Crippen MR) is 100 cm³/mol. The minimum Gasteiger partial charge on any atom is -0.496 e. The molecule has 0 saturated heterocycles. The third-order valence-corrected chi connectivity index (χ3v) is 4.80. The zero-order chi connectivity index (χ0) is 15.8. The maximum absolute atomic E-state index is 5.52. The van der Waals surface area contributed by atoms with Crippen LogP contribution in [0.4, 0.5) is 5.82 Å². The van der Waals surface area contributed by atoms with E-state index in [2.05, 4.69) is 58.2 Å². The van der Waals surface area contributed by atoms with Gasteiger partial charge in [0, 0.05) is 21.2 Å². The molecule has 1 N–H and O–H groups in total. The van der Waals surface area contributed by atoms with Gasteiger partial charge < -0.3 is 10.1 Å². The number of methoxy groups -OCH3 is 1. The Bertz CT molecular complexity index is 855. The van der Waals surface area contributed by atoms with E-state index in [-0.39, 0.29) is 0 Å². The van der Waals surface area contributed by atoms with E-state index in [1.165, 1.54) is 9.13 Å². The van der Waals surface area contributed by atoms with Gasteiger partial charge in [-0.3, -0.25) is 0 Å². The molecule has 0 amide bonds. The van der Waals surface area contributed by atoms with Crippen LogP contribution in [0, 0.1) is 3.57 Å². The second kappa shape index (κ2) is 5.88. The van der Waals surface area contributed by atoms with Crippen molar-refractivity contribution in [3.63, 3.8) is 0 Å². The lowest BCUT2D eigenvalue weighted by Crippen LogP contribution is -2.04. The van der Waals surface area contributed by atoms with E-state index in [0.717, 1.165) is 41.5 Å². The van der Waals surface area contributed by atoms with Crippen LogP contribution < -0.4 is 10.1 Å². The number of ether oxygens (including phenoxy) is 1. The summed E-state index contributed by atoms with van der Waals surface area (Å²) < 4.78 is 8.74. The van der Waals surface area contributed by atoms with Crippen molar-refractivity contribution in [1.82, 2.24) is 9.78 Å². The molecular formula is C18H16IN3O. The zero-order valence-electron chi connectivity index (χ0n) is 12.7. The van der Waals surface area contributed by atoms with Gasteiger partial charge in [-0.1, -0.05) is 12.1 Å². The Balaban J connectivity index is 1.90. The number of rotatable bonds is 3. The number of anilines is 1. The first-order valence-electron chi connectivity index (χ1n) is 7.53. The molecule has 0 bridgehead atoms. The van der Waals surface area contributed by atoms with Gasteiger partial charge in [0.1, 0.15) is 17.3 Å². The standard InChI is InChI=1S/C18H16IN3O/c1-23-16-5-3-2-4-14(16)17-15-10-11-20-18(15)22(21-17)13-8-6-12(19)7-9-13/h2-9,20H,10-11H2,1H3. The smallest absolute Gasteiger partial charge is 0.133 e. The Morgan fingerprint density at radius 3 is 2.70 bits per heavy atom. The largest absolute Gasteiger partial charge is 0.496 e. The molecule has 0 aliphatic carbocycles. The first-order chi connectivity index (χ1) is 11.3. The summed E-state index contributed by atoms with van der Waals surface area (Å²) in [5.41, 5.74) is 4.37. The highest BCUT2D eigenvalue weighted by Gasteiger charge is 2.25. The molecule has 2 heterocycles. The number of halogens is 1. The van der Waals surface area contributed by atoms with Gasteiger partial charge >= 0.3 is 0 Å². The Labute approximate surface area is 148 Å². The maximum atomic E-state index is 5.52. The first kappa shape index (κ1) is 14.6. The monoisotopic (exact) mass is 417 g/mol. The Hall–Kier alpha value is -2.02. The molecule has 5 heteroatoms. The fourth-order valence-corrected chi connectivity index (χ4v) is 3.36. The second-order valence-corrected chi connectivity index (χ2v) is 6.69. The summed E-state index contributed by atoms with van der Waals surface area (Å²) in [6, 6.07) is 16.4. The SMILES string of the molecule is COc1ccccc1-c1nn(-c2ccc(I)cc2)c2c1CCN2. The average Bonchev–Trinajstić information content (AvgIpc) is 3.18. The molecule has 0 fully saturated rings. The molecule has 0 saturated carbocycles. The number of nitrogens with one attached hydrogen (secondary N) is 1. The topological polar surface area (TPSA) is 39.1 Å². The number of aromatic nitrogens is 2. The van der Waals surface area contributed by atoms with Gasteiger partial charge in [-0.25, -0.2) is 4.68 Å². The molecule has 1 aliphatic rings. The number of fused-ring (bicyclic) bond motifs is 1. The van der Waals surface area contributed by atoms with Crippen LogP contribution in [-0.2, 0) is 6.42 Å². The van der Waals surface area contributed by atoms with Crippen molar-refractivity contribution in [3.05, 3.63) is 57.7 Å². The molecule has 4 nitrogen and oxygen atoms in total. The molecular weight excluding hydrogens is 401 g/mol. The molecule has 3 aromatic rings. The van der Waals surface area contributed by atoms with Crippen LogP contribution in [0.3, 0.4) is 0 Å². The highest BCUT2D eigenvalue weighted by atomic mass is 127. The molecule has 1 aromatic heterocycles. The lowest BCUT2D eigenvalue weighted by Gasteiger charge is -2.07. The molecule has 0 radical (unpaired) electrons. The number of para-hydroxylation sites is 1. The summed E-state index contributed by atoms with van der Waals surface area (Å²) in [6.07, 6.45) is 0.979. The predicted octanol–water partition coefficient (Wildman–Crippen LogP) is 4.12. The first-order valence-corrected chi connectivity index (χ1v) is 8.61. The van der Waals surface area contributed by atoms with Gasteiger partial charge in [0.05, 0.1) is 12.8 Å². The van der Waals surface area contributed by atoms with E-state index in [9.17, 15) is 0 Å². The number of hydrogen-bond donors (Lipinski definition) is 1. The summed E-state index contributed by atoms with van der Waals surface area (Å²) in [5.74, 6) is 1.95. The second-order valence-electron chi connectivity index (χ2n) is 5.44. The van der Waals surface area contributed by atoms with Crippen LogP contribution in [0.2, 0.25) is 0 Å². The summed E-state index contributed by atoms with van der Waals surface area (Å²) >= 11 is 2.31. The minimum atomic E-state index is 0.856. The fourth-order valence-electron chi connectivity index (χ4n) is 3.00. The lowest BCUT2D eigenvalue weighted by atomic mass is 10.1. The van der Waals surface area contributed by atoms with Crippen molar-refractivity contribution in [1.29, 1.82) is 0 Å². The Morgan fingerprint density at radius 1 is 1.13 bits per heavy atom. The summed E-state index contributed by atoms with van der Waals surface area (Å²) in [5, 5.41) is 8.35. The van der Waals surface area contributed by atoms with Crippen LogP contribution in [0.15, 0.2) is 48.5 Å². The van der Waals surface area contributed by atoms with Gasteiger partial charge in [-0.15, -0.1) is 0 Å². The molecule has 23 heavy (non-hydrogen) atoms. The van der Waals surface area contributed by atoms with E-state index < -0.39 is 0 Å². The van der Waals surface area contributed by atoms with Crippen molar-refractivity contribution < 1.29 is 4.74 Å². The normalized spacial score (nSPS) is 12.8. The third-order valence-electron chi connectivity index (χ3n) is 4.08. The van der Waals surface area contributed by atoms with Gasteiger partial charge in [0.15, 0.2) is 0 Å². The molecule has 116 valence electrons. The van der Waals surface area contributed by atoms with Crippen molar-refractivity contribution >= 4 is 28.4 Å². The van der Waals surface area contributed by atoms with Crippen LogP contribution in [0.25, 0.3) is 16.9 Å². The van der Waals surface area contributed by atoms with Crippen molar-refractivity contribution in [3.8, 4) is 22.7 Å². The van der Waals surface area contributed by atoms with Crippen LogP contribution >= 0.6 is 22.6 Å². The summed E-state index contributed by atoms with van der Waals surface area (Å²) in [7, 11) is 1.70. The highest BCUT2D eigenvalue weighted by Crippen LogP contribution is 2.38. The van der Waals surface area contributed by atoms with Crippen LogP contribution in [0.1, 0.15) is 5.56 Å². The van der Waals surface area contributed by atoms with E-state index in [1.807, 2.05) is 22.9 Å². The van der Waals surface area contributed by atoms with Gasteiger partial charge in [0.25, 0.3) is 0 Å². The maximum Gasteiger partial charge on any atom is 0.133 e.